The quantitative estimate of drug-likeness (QED) is 0.0273. The number of piperidine rings is 1. The van der Waals surface area contributed by atoms with Gasteiger partial charge in [-0.05, 0) is 211 Å². The molecule has 0 amide bonds. The van der Waals surface area contributed by atoms with Crippen LogP contribution in [0.3, 0.4) is 0 Å². The van der Waals surface area contributed by atoms with Crippen LogP contribution in [-0.2, 0) is 87.0 Å². The van der Waals surface area contributed by atoms with Crippen molar-refractivity contribution in [3.8, 4) is 24.0 Å². The number of hydrogen-bond acceptors (Lipinski definition) is 24. The van der Waals surface area contributed by atoms with E-state index in [4.69, 9.17) is 51.4 Å². The van der Waals surface area contributed by atoms with E-state index >= 15 is 0 Å². The standard InChI is InChI=1S/C26H37N5O.C25H35N5O.2C25H34N4O2/c1-4-5-16-32-26-28-24-22(10-11-23(24)25(27)29-26)17-20-6-8-21(9-7-20)18-30-12-14-31(15-13-30)19(2)3;1-3-4-16-31-25-27-23-21(10-11-22(23)24(26)28-25)17-19-6-8-20(9-7-19)18-30-13-5-12-29(2)14-15-30;1-4-5-12-30-25-27-23-21(10-11-22(23)24(26)28-25)13-19-6-8-20(9-7-19)16-29-14-17(2)31-18(3)15-29;1-3-4-15-31-25-27-23-20(9-10-22(23)24(26)28-25)16-18-5-7-19(8-6-18)17-29-13-11-21(30-2)12-14-29/h6-10,19H,4-5,11-18H2,1-3H3,(H2,27,28,29);6-10H,3-5,11-18H2,1-2H3,(H2,26,27,28);6-10,17-18H,4-5,11-16H2,1-3H3,(H2,26,27,28);5-9,21H,3-4,10-17H2,1-2H3,(H2,26,27,28). The van der Waals surface area contributed by atoms with Crippen molar-refractivity contribution < 1.29 is 28.4 Å². The predicted octanol–water partition coefficient (Wildman–Crippen LogP) is 15.6. The Kier molecular flexibility index (Phi) is 34.7. The van der Waals surface area contributed by atoms with E-state index in [1.165, 1.54) is 99.4 Å². The minimum atomic E-state index is 0.294. The van der Waals surface area contributed by atoms with Crippen molar-refractivity contribution in [1.29, 1.82) is 0 Å². The number of benzene rings is 4. The summed E-state index contributed by atoms with van der Waals surface area (Å²) in [7, 11) is 4.03. The van der Waals surface area contributed by atoms with Crippen LogP contribution in [0.15, 0.2) is 121 Å². The van der Waals surface area contributed by atoms with Gasteiger partial charge in [-0.2, -0.15) is 39.9 Å². The topological polar surface area (TPSA) is 282 Å². The number of nitrogens with zero attached hydrogens (tertiary/aromatic N) is 14. The molecule has 4 saturated heterocycles. The number of aromatic nitrogens is 8. The molecule has 0 radical (unpaired) electrons. The van der Waals surface area contributed by atoms with E-state index in [9.17, 15) is 0 Å². The lowest BCUT2D eigenvalue weighted by Gasteiger charge is -2.36. The third-order valence-corrected chi connectivity index (χ3v) is 25.0. The van der Waals surface area contributed by atoms with Crippen molar-refractivity contribution in [2.24, 2.45) is 0 Å². The van der Waals surface area contributed by atoms with Gasteiger partial charge in [0.25, 0.3) is 0 Å². The van der Waals surface area contributed by atoms with E-state index in [0.29, 0.717) is 98.1 Å². The number of piperazine rings is 1. The first-order chi connectivity index (χ1) is 60.8. The van der Waals surface area contributed by atoms with Crippen molar-refractivity contribution in [3.05, 3.63) is 211 Å². The fraction of sp³-hybridized carbons (Fsp3) is 0.525. The van der Waals surface area contributed by atoms with Crippen LogP contribution in [0.4, 0.5) is 23.3 Å². The second kappa shape index (κ2) is 46.6. The summed E-state index contributed by atoms with van der Waals surface area (Å²) in [5.41, 5.74) is 48.1. The lowest BCUT2D eigenvalue weighted by atomic mass is 10.0. The summed E-state index contributed by atoms with van der Waals surface area (Å²) in [4.78, 5) is 51.2. The zero-order chi connectivity index (χ0) is 87.6. The molecule has 8 N–H and O–H groups in total. The molecule has 16 rings (SSSR count). The molecule has 4 aromatic carbocycles. The molecule has 24 nitrogen and oxygen atoms in total. The zero-order valence-corrected chi connectivity index (χ0v) is 76.5. The molecule has 125 heavy (non-hydrogen) atoms. The van der Waals surface area contributed by atoms with Gasteiger partial charge in [0.2, 0.25) is 0 Å². The molecule has 2 unspecified atom stereocenters. The maximum Gasteiger partial charge on any atom is 0.318 e. The van der Waals surface area contributed by atoms with Gasteiger partial charge >= 0.3 is 24.0 Å². The molecule has 0 spiro atoms. The molecule has 670 valence electrons. The summed E-state index contributed by atoms with van der Waals surface area (Å²) in [6, 6.07) is 38.2. The molecule has 4 aliphatic heterocycles. The highest BCUT2D eigenvalue weighted by Crippen LogP contribution is 2.38. The van der Waals surface area contributed by atoms with Crippen molar-refractivity contribution in [3.63, 3.8) is 0 Å². The number of allylic oxidation sites excluding steroid dienone is 8. The Balaban J connectivity index is 0.000000143. The number of fused-ring (bicyclic) bond motifs is 4. The average molecular weight is 1700 g/mol. The lowest BCUT2D eigenvalue weighted by molar-refractivity contribution is -0.0704. The first-order valence-electron chi connectivity index (χ1n) is 46.6. The molecule has 0 saturated carbocycles. The van der Waals surface area contributed by atoms with Crippen LogP contribution in [-0.4, -0.2) is 213 Å². The van der Waals surface area contributed by atoms with Gasteiger partial charge in [-0.15, -0.1) is 0 Å². The van der Waals surface area contributed by atoms with Gasteiger partial charge in [0.15, 0.2) is 0 Å². The molecule has 4 fully saturated rings. The van der Waals surface area contributed by atoms with Crippen LogP contribution in [0.5, 0.6) is 24.0 Å². The minimum Gasteiger partial charge on any atom is -0.463 e. The van der Waals surface area contributed by atoms with Gasteiger partial charge in [0.1, 0.15) is 23.3 Å². The monoisotopic (exact) mass is 1700 g/mol. The minimum absolute atomic E-state index is 0.294. The van der Waals surface area contributed by atoms with Crippen molar-refractivity contribution in [2.45, 2.75) is 228 Å². The maximum absolute atomic E-state index is 6.19. The number of ether oxygens (including phenoxy) is 6. The van der Waals surface area contributed by atoms with Crippen molar-refractivity contribution >= 4 is 45.6 Å². The summed E-state index contributed by atoms with van der Waals surface area (Å²) in [6.07, 6.45) is 28.2. The number of nitrogens with two attached hydrogens (primary N) is 4. The molecule has 8 aromatic rings. The second-order valence-electron chi connectivity index (χ2n) is 35.4. The van der Waals surface area contributed by atoms with Gasteiger partial charge in [-0.3, -0.25) is 24.5 Å². The maximum atomic E-state index is 6.19. The number of likely N-dealkylation sites (tertiary alicyclic amines) is 1. The summed E-state index contributed by atoms with van der Waals surface area (Å²) >= 11 is 0. The SMILES string of the molecule is CCCCOc1nc(N)c2c(n1)C(Cc1ccc(CN3CC(C)OC(C)C3)cc1)=CC2.CCCCOc1nc(N)c2c(n1)C(Cc1ccc(CN3CCC(OC)CC3)cc1)=CC2.CCCCOc1nc(N)c2c(n1)C(Cc1ccc(CN3CCCN(C)CC3)cc1)=CC2.CCCCOc1nc(N)c2c(n1)C(Cc1ccc(CN3CCN(C(C)C)CC3)cc1)=CC2. The van der Waals surface area contributed by atoms with E-state index in [1.807, 2.05) is 7.11 Å². The first-order valence-corrected chi connectivity index (χ1v) is 46.6. The van der Waals surface area contributed by atoms with E-state index in [0.717, 1.165) is 239 Å². The van der Waals surface area contributed by atoms with Gasteiger partial charge in [-0.25, -0.2) is 0 Å². The predicted molar refractivity (Wildman–Crippen MR) is 505 cm³/mol. The van der Waals surface area contributed by atoms with Crippen LogP contribution in [0.2, 0.25) is 0 Å². The summed E-state index contributed by atoms with van der Waals surface area (Å²) < 4.78 is 34.2. The second-order valence-corrected chi connectivity index (χ2v) is 35.4. The Labute approximate surface area is 744 Å². The fourth-order valence-electron chi connectivity index (χ4n) is 17.6. The number of anilines is 4. The van der Waals surface area contributed by atoms with Gasteiger partial charge in [-0.1, -0.05) is 175 Å². The summed E-state index contributed by atoms with van der Waals surface area (Å²) in [5.74, 6) is 2.16. The number of nitrogen functional groups attached to an aromatic ring is 4. The van der Waals surface area contributed by atoms with E-state index < -0.39 is 0 Å². The number of hydrogen-bond donors (Lipinski definition) is 4. The highest BCUT2D eigenvalue weighted by molar-refractivity contribution is 5.78. The summed E-state index contributed by atoms with van der Waals surface area (Å²) in [6.45, 7) is 37.4. The average Bonchev–Trinajstić information content (AvgIpc) is 1.67. The van der Waals surface area contributed by atoms with Crippen LogP contribution in [0.1, 0.15) is 216 Å². The normalized spacial score (nSPS) is 18.0. The summed E-state index contributed by atoms with van der Waals surface area (Å²) in [5, 5.41) is 0. The van der Waals surface area contributed by atoms with E-state index in [1.54, 1.807) is 0 Å². The molecule has 8 heterocycles. The van der Waals surface area contributed by atoms with Gasteiger partial charge in [0, 0.05) is 127 Å². The van der Waals surface area contributed by atoms with Crippen LogP contribution in [0, 0.1) is 0 Å². The Morgan fingerprint density at radius 1 is 0.368 bits per heavy atom. The number of rotatable bonds is 34. The molecule has 24 heteroatoms. The van der Waals surface area contributed by atoms with Gasteiger partial charge in [0.05, 0.1) is 67.5 Å². The molecular formula is C101H140N18O6. The first kappa shape index (κ1) is 92.9. The number of methoxy groups -OCH3 is 1. The molecule has 4 aromatic heterocycles. The smallest absolute Gasteiger partial charge is 0.318 e. The molecule has 0 bridgehead atoms. The Morgan fingerprint density at radius 2 is 0.656 bits per heavy atom. The third-order valence-electron chi connectivity index (χ3n) is 25.0. The number of unbranched alkanes of at least 4 members (excludes halogenated alkanes) is 4. The van der Waals surface area contributed by atoms with Crippen LogP contribution in [0.25, 0.3) is 22.3 Å². The van der Waals surface area contributed by atoms with E-state index in [2.05, 4.69) is 253 Å². The van der Waals surface area contributed by atoms with E-state index in [-0.39, 0.29) is 0 Å². The third kappa shape index (κ3) is 26.9. The van der Waals surface area contributed by atoms with Crippen LogP contribution >= 0.6 is 0 Å². The Hall–Kier alpha value is -9.76. The van der Waals surface area contributed by atoms with Gasteiger partial charge < -0.3 is 56.3 Å². The zero-order valence-electron chi connectivity index (χ0n) is 76.5. The molecule has 8 aliphatic rings. The fourth-order valence-corrected chi connectivity index (χ4v) is 17.6. The van der Waals surface area contributed by atoms with Crippen molar-refractivity contribution in [1.82, 2.24) is 69.3 Å². The highest BCUT2D eigenvalue weighted by Gasteiger charge is 2.29. The molecular weight excluding hydrogens is 1560 g/mol. The number of morpholine rings is 1. The molecule has 2 atom stereocenters. The lowest BCUT2D eigenvalue weighted by Crippen LogP contribution is -2.48. The number of likely N-dealkylation sites (N-methyl/N-ethyl adjacent to an activating group) is 1. The Bertz CT molecular complexity index is 4880. The van der Waals surface area contributed by atoms with Crippen molar-refractivity contribution in [2.75, 3.05) is 142 Å². The van der Waals surface area contributed by atoms with Crippen LogP contribution < -0.4 is 41.9 Å². The highest BCUT2D eigenvalue weighted by atomic mass is 16.5. The Morgan fingerprint density at radius 3 is 0.960 bits per heavy atom. The molecule has 4 aliphatic carbocycles. The largest absolute Gasteiger partial charge is 0.463 e.